The molecule has 0 spiro atoms. The molecule has 1 rings (SSSR count). The Morgan fingerprint density at radius 3 is 2.26 bits per heavy atom. The number of sulfonamides is 1. The molecule has 0 fully saturated rings. The molecule has 0 saturated carbocycles. The van der Waals surface area contributed by atoms with E-state index in [0.717, 1.165) is 0 Å². The SMILES string of the molecule is CC[C@H](C)[C@H](NS(=O)(=O)c1ccc(OC)c(OC)c1)C(=O)OC. The van der Waals surface area contributed by atoms with Crippen LogP contribution in [-0.2, 0) is 19.6 Å². The summed E-state index contributed by atoms with van der Waals surface area (Å²) in [5.41, 5.74) is 0. The summed E-state index contributed by atoms with van der Waals surface area (Å²) in [5.74, 6) is -0.132. The van der Waals surface area contributed by atoms with Gasteiger partial charge in [0.1, 0.15) is 6.04 Å². The third kappa shape index (κ3) is 4.59. The van der Waals surface area contributed by atoms with Crippen molar-refractivity contribution in [3.63, 3.8) is 0 Å². The van der Waals surface area contributed by atoms with Crippen molar-refractivity contribution < 1.29 is 27.4 Å². The Balaban J connectivity index is 3.17. The van der Waals surface area contributed by atoms with Crippen LogP contribution in [-0.4, -0.2) is 41.8 Å². The molecule has 0 amide bonds. The van der Waals surface area contributed by atoms with Gasteiger partial charge in [-0.1, -0.05) is 20.3 Å². The molecule has 1 N–H and O–H groups in total. The standard InChI is InChI=1S/C15H23NO6S/c1-6-10(2)14(15(17)22-5)16-23(18,19)11-7-8-12(20-3)13(9-11)21-4/h7-10,14,16H,6H2,1-5H3/t10-,14-/m0/s1. The number of hydrogen-bond acceptors (Lipinski definition) is 6. The Hall–Kier alpha value is -1.80. The summed E-state index contributed by atoms with van der Waals surface area (Å²) in [6, 6.07) is 3.26. The van der Waals surface area contributed by atoms with Crippen LogP contribution in [0.2, 0.25) is 0 Å². The number of carbonyl (C=O) groups is 1. The van der Waals surface area contributed by atoms with Crippen LogP contribution in [0.15, 0.2) is 23.1 Å². The van der Waals surface area contributed by atoms with Crippen molar-refractivity contribution in [1.82, 2.24) is 4.72 Å². The van der Waals surface area contributed by atoms with Gasteiger partial charge in [0.15, 0.2) is 11.5 Å². The predicted octanol–water partition coefficient (Wildman–Crippen LogP) is 1.57. The van der Waals surface area contributed by atoms with Crippen LogP contribution in [0.4, 0.5) is 0 Å². The van der Waals surface area contributed by atoms with Crippen LogP contribution in [0, 0.1) is 5.92 Å². The molecule has 23 heavy (non-hydrogen) atoms. The minimum atomic E-state index is -3.91. The summed E-state index contributed by atoms with van der Waals surface area (Å²) >= 11 is 0. The van der Waals surface area contributed by atoms with Crippen molar-refractivity contribution in [3.05, 3.63) is 18.2 Å². The first-order valence-corrected chi connectivity index (χ1v) is 8.61. The highest BCUT2D eigenvalue weighted by molar-refractivity contribution is 7.89. The van der Waals surface area contributed by atoms with Crippen LogP contribution < -0.4 is 14.2 Å². The number of methoxy groups -OCH3 is 3. The first-order chi connectivity index (χ1) is 10.8. The number of esters is 1. The fraction of sp³-hybridized carbons (Fsp3) is 0.533. The zero-order valence-corrected chi connectivity index (χ0v) is 14.8. The average molecular weight is 345 g/mol. The van der Waals surface area contributed by atoms with Gasteiger partial charge in [0.2, 0.25) is 10.0 Å². The molecular formula is C15H23NO6S. The lowest BCUT2D eigenvalue weighted by Gasteiger charge is -2.22. The maximum Gasteiger partial charge on any atom is 0.324 e. The molecule has 0 aliphatic rings. The molecule has 0 bridgehead atoms. The molecule has 7 nitrogen and oxygen atoms in total. The van der Waals surface area contributed by atoms with Crippen LogP contribution in [0.25, 0.3) is 0 Å². The van der Waals surface area contributed by atoms with Crippen molar-refractivity contribution >= 4 is 16.0 Å². The molecule has 1 aromatic carbocycles. The van der Waals surface area contributed by atoms with Crippen LogP contribution in [0.3, 0.4) is 0 Å². The summed E-state index contributed by atoms with van der Waals surface area (Å²) in [6.07, 6.45) is 0.619. The van der Waals surface area contributed by atoms with Crippen molar-refractivity contribution in [2.45, 2.75) is 31.2 Å². The van der Waals surface area contributed by atoms with E-state index in [1.807, 2.05) is 6.92 Å². The van der Waals surface area contributed by atoms with Crippen LogP contribution in [0.5, 0.6) is 11.5 Å². The highest BCUT2D eigenvalue weighted by Gasteiger charge is 2.30. The minimum Gasteiger partial charge on any atom is -0.493 e. The zero-order valence-electron chi connectivity index (χ0n) is 14.0. The smallest absolute Gasteiger partial charge is 0.324 e. The summed E-state index contributed by atoms with van der Waals surface area (Å²) in [5, 5.41) is 0. The van der Waals surface area contributed by atoms with Crippen molar-refractivity contribution in [2.75, 3.05) is 21.3 Å². The number of rotatable bonds is 8. The largest absolute Gasteiger partial charge is 0.493 e. The maximum atomic E-state index is 12.5. The van der Waals surface area contributed by atoms with E-state index in [0.29, 0.717) is 12.2 Å². The van der Waals surface area contributed by atoms with Gasteiger partial charge in [-0.05, 0) is 18.1 Å². The molecule has 0 unspecified atom stereocenters. The van der Waals surface area contributed by atoms with Gasteiger partial charge in [-0.3, -0.25) is 4.79 Å². The molecule has 0 aromatic heterocycles. The Bertz CT molecular complexity index is 643. The van der Waals surface area contributed by atoms with Crippen LogP contribution in [0.1, 0.15) is 20.3 Å². The third-order valence-electron chi connectivity index (χ3n) is 3.62. The molecule has 130 valence electrons. The highest BCUT2D eigenvalue weighted by atomic mass is 32.2. The van der Waals surface area contributed by atoms with Gasteiger partial charge in [-0.15, -0.1) is 0 Å². The molecule has 0 saturated heterocycles. The van der Waals surface area contributed by atoms with E-state index in [1.54, 1.807) is 6.92 Å². The molecule has 0 heterocycles. The van der Waals surface area contributed by atoms with E-state index < -0.39 is 22.0 Å². The van der Waals surface area contributed by atoms with Crippen LogP contribution >= 0.6 is 0 Å². The van der Waals surface area contributed by atoms with Gasteiger partial charge in [0.25, 0.3) is 0 Å². The van der Waals surface area contributed by atoms with E-state index in [1.165, 1.54) is 39.5 Å². The zero-order chi connectivity index (χ0) is 17.6. The first-order valence-electron chi connectivity index (χ1n) is 7.12. The Morgan fingerprint density at radius 1 is 1.17 bits per heavy atom. The van der Waals surface area contributed by atoms with Gasteiger partial charge in [-0.25, -0.2) is 8.42 Å². The summed E-state index contributed by atoms with van der Waals surface area (Å²) in [7, 11) is 0.185. The number of benzene rings is 1. The predicted molar refractivity (Wildman–Crippen MR) is 85.1 cm³/mol. The number of carbonyl (C=O) groups excluding carboxylic acids is 1. The van der Waals surface area contributed by atoms with E-state index in [9.17, 15) is 13.2 Å². The summed E-state index contributed by atoms with van der Waals surface area (Å²) in [6.45, 7) is 3.64. The van der Waals surface area contributed by atoms with Gasteiger partial charge in [-0.2, -0.15) is 4.72 Å². The quantitative estimate of drug-likeness (QED) is 0.719. The van der Waals surface area contributed by atoms with E-state index in [-0.39, 0.29) is 16.6 Å². The van der Waals surface area contributed by atoms with Gasteiger partial charge >= 0.3 is 5.97 Å². The second kappa shape index (κ2) is 8.16. The van der Waals surface area contributed by atoms with Gasteiger partial charge in [0, 0.05) is 6.07 Å². The molecule has 0 aliphatic carbocycles. The normalized spacial score (nSPS) is 14.0. The van der Waals surface area contributed by atoms with Crippen molar-refractivity contribution in [1.29, 1.82) is 0 Å². The van der Waals surface area contributed by atoms with Gasteiger partial charge in [0.05, 0.1) is 26.2 Å². The number of ether oxygens (including phenoxy) is 3. The molecule has 8 heteroatoms. The fourth-order valence-electron chi connectivity index (χ4n) is 1.98. The van der Waals surface area contributed by atoms with E-state index >= 15 is 0 Å². The Morgan fingerprint density at radius 2 is 1.78 bits per heavy atom. The van der Waals surface area contributed by atoms with E-state index in [4.69, 9.17) is 9.47 Å². The molecule has 1 aromatic rings. The lowest BCUT2D eigenvalue weighted by Crippen LogP contribution is -2.45. The topological polar surface area (TPSA) is 90.9 Å². The van der Waals surface area contributed by atoms with E-state index in [2.05, 4.69) is 9.46 Å². The number of hydrogen-bond donors (Lipinski definition) is 1. The molecular weight excluding hydrogens is 322 g/mol. The average Bonchev–Trinajstić information content (AvgIpc) is 2.57. The Kier molecular flexibility index (Phi) is 6.83. The Labute approximate surface area is 137 Å². The van der Waals surface area contributed by atoms with Gasteiger partial charge < -0.3 is 14.2 Å². The monoisotopic (exact) mass is 345 g/mol. The third-order valence-corrected chi connectivity index (χ3v) is 5.05. The molecule has 2 atom stereocenters. The first kappa shape index (κ1) is 19.2. The van der Waals surface area contributed by atoms with Crippen molar-refractivity contribution in [3.8, 4) is 11.5 Å². The summed E-state index contributed by atoms with van der Waals surface area (Å²) < 4.78 is 42.3. The summed E-state index contributed by atoms with van der Waals surface area (Å²) in [4.78, 5) is 11.8. The molecule has 0 aliphatic heterocycles. The number of nitrogens with one attached hydrogen (secondary N) is 1. The second-order valence-corrected chi connectivity index (χ2v) is 6.74. The second-order valence-electron chi connectivity index (χ2n) is 5.02. The lowest BCUT2D eigenvalue weighted by molar-refractivity contribution is -0.143. The maximum absolute atomic E-state index is 12.5. The van der Waals surface area contributed by atoms with Crippen molar-refractivity contribution in [2.24, 2.45) is 5.92 Å². The minimum absolute atomic E-state index is 0.0210. The fourth-order valence-corrected chi connectivity index (χ4v) is 3.29. The molecule has 0 radical (unpaired) electrons. The lowest BCUT2D eigenvalue weighted by atomic mass is 10.0. The highest BCUT2D eigenvalue weighted by Crippen LogP contribution is 2.29.